The Morgan fingerprint density at radius 1 is 1.10 bits per heavy atom. The molecule has 0 saturated carbocycles. The van der Waals surface area contributed by atoms with Crippen LogP contribution in [0.4, 0.5) is 5.69 Å². The molecule has 0 spiro atoms. The lowest BCUT2D eigenvalue weighted by atomic mass is 10.0. The van der Waals surface area contributed by atoms with Crippen molar-refractivity contribution in [3.05, 3.63) is 58.7 Å². The molecule has 2 aromatic carbocycles. The molecule has 104 valence electrons. The Hall–Kier alpha value is -1.96. The van der Waals surface area contributed by atoms with Gasteiger partial charge in [-0.15, -0.1) is 0 Å². The van der Waals surface area contributed by atoms with Crippen LogP contribution in [0.5, 0.6) is 5.75 Å². The van der Waals surface area contributed by atoms with E-state index in [0.717, 1.165) is 18.4 Å². The van der Waals surface area contributed by atoms with Crippen molar-refractivity contribution in [1.29, 1.82) is 0 Å². The Kier molecular flexibility index (Phi) is 3.17. The molecule has 1 unspecified atom stereocenters. The van der Waals surface area contributed by atoms with Crippen molar-refractivity contribution in [3.63, 3.8) is 0 Å². The number of nitrogens with zero attached hydrogens (tertiary/aromatic N) is 1. The summed E-state index contributed by atoms with van der Waals surface area (Å²) >= 11 is 0. The molecule has 0 aromatic heterocycles. The van der Waals surface area contributed by atoms with E-state index in [1.165, 1.54) is 22.4 Å². The van der Waals surface area contributed by atoms with E-state index in [0.29, 0.717) is 11.8 Å². The molecule has 1 atom stereocenters. The van der Waals surface area contributed by atoms with E-state index >= 15 is 0 Å². The number of hydrogen-bond donors (Lipinski definition) is 1. The van der Waals surface area contributed by atoms with Crippen LogP contribution in [0, 0.1) is 13.8 Å². The van der Waals surface area contributed by atoms with Gasteiger partial charge in [-0.25, -0.2) is 0 Å². The molecule has 20 heavy (non-hydrogen) atoms. The Morgan fingerprint density at radius 3 is 2.50 bits per heavy atom. The second-order valence-electron chi connectivity index (χ2n) is 5.86. The SMILES string of the molecule is Cc1cc(C)cc(N(C)C2CCc3c(O)cccc32)c1. The highest BCUT2D eigenvalue weighted by Gasteiger charge is 2.28. The number of aryl methyl sites for hydroxylation is 2. The zero-order chi connectivity index (χ0) is 14.3. The van der Waals surface area contributed by atoms with Crippen molar-refractivity contribution < 1.29 is 5.11 Å². The van der Waals surface area contributed by atoms with E-state index in [4.69, 9.17) is 0 Å². The average molecular weight is 267 g/mol. The average Bonchev–Trinajstić information content (AvgIpc) is 2.82. The van der Waals surface area contributed by atoms with Gasteiger partial charge in [0.15, 0.2) is 0 Å². The molecular formula is C18H21NO. The summed E-state index contributed by atoms with van der Waals surface area (Å²) in [4.78, 5) is 2.34. The highest BCUT2D eigenvalue weighted by Crippen LogP contribution is 2.41. The first kappa shape index (κ1) is 13.0. The number of aromatic hydroxyl groups is 1. The molecule has 0 aliphatic heterocycles. The first-order valence-electron chi connectivity index (χ1n) is 7.18. The predicted octanol–water partition coefficient (Wildman–Crippen LogP) is 4.13. The quantitative estimate of drug-likeness (QED) is 0.884. The van der Waals surface area contributed by atoms with Crippen molar-refractivity contribution in [3.8, 4) is 5.75 Å². The molecule has 0 radical (unpaired) electrons. The van der Waals surface area contributed by atoms with Crippen molar-refractivity contribution in [2.24, 2.45) is 0 Å². The number of phenolic OH excluding ortho intramolecular Hbond substituents is 1. The minimum absolute atomic E-state index is 0.360. The van der Waals surface area contributed by atoms with Gasteiger partial charge in [-0.1, -0.05) is 18.2 Å². The van der Waals surface area contributed by atoms with E-state index in [1.54, 1.807) is 6.07 Å². The molecule has 0 amide bonds. The summed E-state index contributed by atoms with van der Waals surface area (Å²) in [5.74, 6) is 0.443. The van der Waals surface area contributed by atoms with Crippen molar-refractivity contribution >= 4 is 5.69 Å². The van der Waals surface area contributed by atoms with Gasteiger partial charge in [0.25, 0.3) is 0 Å². The summed E-state index contributed by atoms with van der Waals surface area (Å²) in [7, 11) is 2.15. The summed E-state index contributed by atoms with van der Waals surface area (Å²) in [6, 6.07) is 12.9. The third-order valence-corrected chi connectivity index (χ3v) is 4.30. The fourth-order valence-corrected chi connectivity index (χ4v) is 3.35. The number of phenols is 1. The second-order valence-corrected chi connectivity index (χ2v) is 5.86. The number of fused-ring (bicyclic) bond motifs is 1. The lowest BCUT2D eigenvalue weighted by Gasteiger charge is -2.28. The largest absolute Gasteiger partial charge is 0.508 e. The molecule has 0 heterocycles. The molecule has 0 fully saturated rings. The van der Waals surface area contributed by atoms with Gasteiger partial charge in [-0.05, 0) is 67.1 Å². The van der Waals surface area contributed by atoms with E-state index < -0.39 is 0 Å². The Morgan fingerprint density at radius 2 is 1.80 bits per heavy atom. The minimum Gasteiger partial charge on any atom is -0.508 e. The molecule has 0 bridgehead atoms. The molecule has 0 saturated heterocycles. The predicted molar refractivity (Wildman–Crippen MR) is 83.5 cm³/mol. The smallest absolute Gasteiger partial charge is 0.119 e. The maximum Gasteiger partial charge on any atom is 0.119 e. The fraction of sp³-hybridized carbons (Fsp3) is 0.333. The maximum absolute atomic E-state index is 9.97. The zero-order valence-electron chi connectivity index (χ0n) is 12.4. The first-order chi connectivity index (χ1) is 9.56. The van der Waals surface area contributed by atoms with E-state index in [-0.39, 0.29) is 0 Å². The number of rotatable bonds is 2. The normalized spacial score (nSPS) is 17.1. The van der Waals surface area contributed by atoms with Gasteiger partial charge in [0.05, 0.1) is 6.04 Å². The van der Waals surface area contributed by atoms with Gasteiger partial charge < -0.3 is 10.0 Å². The van der Waals surface area contributed by atoms with Crippen LogP contribution < -0.4 is 4.90 Å². The molecule has 2 heteroatoms. The Labute approximate surface area is 120 Å². The molecule has 3 rings (SSSR count). The lowest BCUT2D eigenvalue weighted by molar-refractivity contribution is 0.469. The zero-order valence-corrected chi connectivity index (χ0v) is 12.4. The van der Waals surface area contributed by atoms with Crippen molar-refractivity contribution in [1.82, 2.24) is 0 Å². The maximum atomic E-state index is 9.97. The van der Waals surface area contributed by atoms with Gasteiger partial charge in [0, 0.05) is 12.7 Å². The summed E-state index contributed by atoms with van der Waals surface area (Å²) in [6.45, 7) is 4.28. The summed E-state index contributed by atoms with van der Waals surface area (Å²) in [5, 5.41) is 9.97. The first-order valence-corrected chi connectivity index (χ1v) is 7.18. The van der Waals surface area contributed by atoms with Crippen LogP contribution >= 0.6 is 0 Å². The van der Waals surface area contributed by atoms with Crippen LogP contribution in [0.25, 0.3) is 0 Å². The van der Waals surface area contributed by atoms with Gasteiger partial charge in [0.1, 0.15) is 5.75 Å². The van der Waals surface area contributed by atoms with Gasteiger partial charge in [-0.3, -0.25) is 0 Å². The second kappa shape index (κ2) is 4.86. The van der Waals surface area contributed by atoms with Gasteiger partial charge >= 0.3 is 0 Å². The molecule has 1 N–H and O–H groups in total. The highest BCUT2D eigenvalue weighted by atomic mass is 16.3. The van der Waals surface area contributed by atoms with Crippen LogP contribution in [0.1, 0.15) is 34.7 Å². The lowest BCUT2D eigenvalue weighted by Crippen LogP contribution is -2.22. The standard InChI is InChI=1S/C18H21NO/c1-12-9-13(2)11-14(10-12)19(3)17-8-7-16-15(17)5-4-6-18(16)20/h4-6,9-11,17,20H,7-8H2,1-3H3. The number of hydrogen-bond acceptors (Lipinski definition) is 2. The summed E-state index contributed by atoms with van der Waals surface area (Å²) < 4.78 is 0. The highest BCUT2D eigenvalue weighted by molar-refractivity contribution is 5.55. The van der Waals surface area contributed by atoms with Crippen LogP contribution in [0.2, 0.25) is 0 Å². The third-order valence-electron chi connectivity index (χ3n) is 4.30. The molecule has 2 aromatic rings. The molecule has 2 nitrogen and oxygen atoms in total. The minimum atomic E-state index is 0.360. The summed E-state index contributed by atoms with van der Waals surface area (Å²) in [6.07, 6.45) is 2.03. The number of benzene rings is 2. The van der Waals surface area contributed by atoms with Crippen LogP contribution in [0.3, 0.4) is 0 Å². The fourth-order valence-electron chi connectivity index (χ4n) is 3.35. The number of anilines is 1. The molecular weight excluding hydrogens is 246 g/mol. The summed E-state index contributed by atoms with van der Waals surface area (Å²) in [5.41, 5.74) is 6.23. The third kappa shape index (κ3) is 2.15. The molecule has 1 aliphatic rings. The van der Waals surface area contributed by atoms with E-state index in [1.807, 2.05) is 6.07 Å². The molecule has 1 aliphatic carbocycles. The van der Waals surface area contributed by atoms with Gasteiger partial charge in [0.2, 0.25) is 0 Å². The van der Waals surface area contributed by atoms with Crippen LogP contribution in [-0.2, 0) is 6.42 Å². The van der Waals surface area contributed by atoms with Crippen LogP contribution in [-0.4, -0.2) is 12.2 Å². The van der Waals surface area contributed by atoms with E-state index in [9.17, 15) is 5.11 Å². The van der Waals surface area contributed by atoms with Crippen LogP contribution in [0.15, 0.2) is 36.4 Å². The van der Waals surface area contributed by atoms with Crippen molar-refractivity contribution in [2.75, 3.05) is 11.9 Å². The Bertz CT molecular complexity index is 628. The Balaban J connectivity index is 1.97. The van der Waals surface area contributed by atoms with Gasteiger partial charge in [-0.2, -0.15) is 0 Å². The van der Waals surface area contributed by atoms with E-state index in [2.05, 4.69) is 50.1 Å². The monoisotopic (exact) mass is 267 g/mol. The van der Waals surface area contributed by atoms with Crippen molar-refractivity contribution in [2.45, 2.75) is 32.7 Å². The topological polar surface area (TPSA) is 23.5 Å².